The highest BCUT2D eigenvalue weighted by molar-refractivity contribution is 7.47. The van der Waals surface area contributed by atoms with E-state index in [9.17, 15) is 56.2 Å². The van der Waals surface area contributed by atoms with Crippen molar-refractivity contribution in [3.63, 3.8) is 0 Å². The molecule has 1 saturated carbocycles. The van der Waals surface area contributed by atoms with Gasteiger partial charge in [-0.2, -0.15) is 0 Å². The van der Waals surface area contributed by atoms with Crippen LogP contribution in [0, 0.1) is 0 Å². The molecule has 96 heavy (non-hydrogen) atoms. The number of hydrogen-bond acceptors (Lipinski definition) is 30. The quantitative estimate of drug-likeness (QED) is 0.0200. The Kier molecular flexibility index (Phi) is 60.3. The van der Waals surface area contributed by atoms with Crippen molar-refractivity contribution >= 4 is 82.8 Å². The summed E-state index contributed by atoms with van der Waals surface area (Å²) < 4.78 is 93.1. The molecular weight excluding hydrogens is 1430 g/mol. The molecule has 54 heteroatoms. The number of rotatable bonds is 42. The average Bonchev–Trinajstić information content (AvgIpc) is 0.747. The molecule has 0 aromatic rings. The third-order valence-corrected chi connectivity index (χ3v) is 14.3. The number of phosphoric ester groups is 6. The fraction of sp³-hybridized carbons (Fsp3) is 0.857. The summed E-state index contributed by atoms with van der Waals surface area (Å²) in [6.07, 6.45) is -5.87. The average molecular weight is 1540 g/mol. The lowest BCUT2D eigenvalue weighted by molar-refractivity contribution is -0.202. The van der Waals surface area contributed by atoms with Gasteiger partial charge in [-0.25, -0.2) is 27.4 Å². The predicted molar refractivity (Wildman–Crippen MR) is 333 cm³/mol. The first-order valence-electron chi connectivity index (χ1n) is 28.2. The summed E-state index contributed by atoms with van der Waals surface area (Å²) >= 11 is 0. The maximum atomic E-state index is 11.4. The maximum absolute atomic E-state index is 11.4. The molecule has 0 bridgehead atoms. The van der Waals surface area contributed by atoms with E-state index >= 15 is 0 Å². The summed E-state index contributed by atoms with van der Waals surface area (Å²) in [7, 11) is -36.1. The van der Waals surface area contributed by atoms with Crippen molar-refractivity contribution in [1.29, 1.82) is 0 Å². The molecule has 0 spiro atoms. The van der Waals surface area contributed by atoms with Gasteiger partial charge in [0.05, 0.1) is 0 Å². The Morgan fingerprint density at radius 3 is 0.396 bits per heavy atom. The largest absolute Gasteiger partial charge is 0.480 e. The van der Waals surface area contributed by atoms with Crippen LogP contribution in [-0.2, 0) is 83.3 Å². The molecule has 1 fully saturated rings. The smallest absolute Gasteiger partial charge is 0.470 e. The second-order valence-electron chi connectivity index (χ2n) is 19.7. The zero-order chi connectivity index (χ0) is 76.6. The van der Waals surface area contributed by atoms with Crippen LogP contribution in [0.15, 0.2) is 0 Å². The molecule has 0 aliphatic heterocycles. The second kappa shape index (κ2) is 55.7. The number of nitrogens with two attached hydrogens (primary N) is 12. The molecule has 1 aliphatic carbocycles. The van der Waals surface area contributed by atoms with Crippen molar-refractivity contribution in [2.45, 2.75) is 188 Å². The van der Waals surface area contributed by atoms with Gasteiger partial charge in [0, 0.05) is 0 Å². The number of carboxylic acids is 6. The van der Waals surface area contributed by atoms with Gasteiger partial charge in [0.2, 0.25) is 0 Å². The van der Waals surface area contributed by atoms with Gasteiger partial charge < -0.3 is 158 Å². The van der Waals surface area contributed by atoms with Crippen molar-refractivity contribution in [2.24, 2.45) is 68.8 Å². The van der Waals surface area contributed by atoms with E-state index in [1.165, 1.54) is 0 Å². The van der Waals surface area contributed by atoms with Crippen LogP contribution in [-0.4, -0.2) is 237 Å². The lowest BCUT2D eigenvalue weighted by Crippen LogP contribution is -2.66. The van der Waals surface area contributed by atoms with E-state index in [-0.39, 0.29) is 0 Å². The van der Waals surface area contributed by atoms with Gasteiger partial charge in [0.1, 0.15) is 72.9 Å². The topological polar surface area (TPSA) is 937 Å². The van der Waals surface area contributed by atoms with E-state index in [1.54, 1.807) is 0 Å². The summed E-state index contributed by atoms with van der Waals surface area (Å²) in [6.45, 7) is 3.62. The molecule has 0 radical (unpaired) electrons. The maximum Gasteiger partial charge on any atom is 0.470 e. The van der Waals surface area contributed by atoms with Gasteiger partial charge in [-0.3, -0.25) is 55.9 Å². The monoisotopic (exact) mass is 1540 g/mol. The first-order valence-corrected chi connectivity index (χ1v) is 37.4. The van der Waals surface area contributed by atoms with Crippen LogP contribution >= 0.6 is 46.9 Å². The molecule has 0 heterocycles. The van der Waals surface area contributed by atoms with Crippen LogP contribution in [0.1, 0.15) is 116 Å². The summed E-state index contributed by atoms with van der Waals surface area (Å²) in [5, 5.41) is 50.0. The molecule has 0 unspecified atom stereocenters. The normalized spacial score (nSPS) is 19.1. The van der Waals surface area contributed by atoms with Crippen LogP contribution in [0.3, 0.4) is 0 Å². The highest BCUT2D eigenvalue weighted by atomic mass is 31.2. The minimum absolute atomic E-state index is 0.520. The highest BCUT2D eigenvalue weighted by Crippen LogP contribution is 2.57. The molecule has 0 aromatic carbocycles. The molecule has 0 amide bonds. The van der Waals surface area contributed by atoms with E-state index < -0.39 is 156 Å². The van der Waals surface area contributed by atoms with Crippen molar-refractivity contribution in [2.75, 3.05) is 39.3 Å². The van der Waals surface area contributed by atoms with Crippen LogP contribution in [0.25, 0.3) is 0 Å². The summed E-state index contributed by atoms with van der Waals surface area (Å²) in [4.78, 5) is 170. The number of hydrogen-bond donors (Lipinski definition) is 30. The standard InChI is InChI=1S/6C6H14N2O2.C6H18O24P6/c6*7-4-2-1-3-5(8)6(9)10;7-31(8,9)25-1-2(26-32(10,11)12)4(28-34(16,17)18)6(30-36(22,23)24)5(29-35(19,20)21)3(1)27-33(13,14)15/h6*5H,1-4,7-8H2,(H,9,10);1-6H,(H2,7,8,9)(H2,10,11,12)(H2,13,14,15)(H2,16,17,18)(H2,19,20,21)(H2,22,23,24)/t6*5-;/m000000./s1. The molecule has 48 nitrogen and oxygen atoms in total. The lowest BCUT2D eigenvalue weighted by atomic mass is 9.85. The van der Waals surface area contributed by atoms with Gasteiger partial charge in [-0.05, 0) is 116 Å². The van der Waals surface area contributed by atoms with E-state index in [2.05, 4.69) is 27.1 Å². The number of carboxylic acid groups (broad SMARTS) is 6. The van der Waals surface area contributed by atoms with E-state index in [4.69, 9.17) is 158 Å². The van der Waals surface area contributed by atoms with E-state index in [0.717, 1.165) is 77.0 Å². The van der Waals surface area contributed by atoms with Gasteiger partial charge in [0.25, 0.3) is 0 Å². The summed E-state index contributed by atoms with van der Waals surface area (Å²) in [5.74, 6) is -5.60. The highest BCUT2D eigenvalue weighted by Gasteiger charge is 2.62. The van der Waals surface area contributed by atoms with Crippen molar-refractivity contribution in [3.8, 4) is 0 Å². The molecule has 1 aliphatic rings. The first-order chi connectivity index (χ1) is 43.7. The molecule has 1 rings (SSSR count). The van der Waals surface area contributed by atoms with Crippen molar-refractivity contribution in [1.82, 2.24) is 0 Å². The van der Waals surface area contributed by atoms with Gasteiger partial charge in [-0.1, -0.05) is 38.5 Å². The summed E-state index contributed by atoms with van der Waals surface area (Å²) in [5.41, 5.74) is 62.5. The Bertz CT molecular complexity index is 2010. The number of carbonyl (C=O) groups is 6. The van der Waals surface area contributed by atoms with Crippen molar-refractivity contribution in [3.05, 3.63) is 0 Å². The van der Waals surface area contributed by atoms with Crippen molar-refractivity contribution < 1.29 is 173 Å². The Morgan fingerprint density at radius 2 is 0.333 bits per heavy atom. The Balaban J connectivity index is -0.000000276. The van der Waals surface area contributed by atoms with Gasteiger partial charge in [-0.15, -0.1) is 0 Å². The van der Waals surface area contributed by atoms with E-state index in [0.29, 0.717) is 77.8 Å². The first kappa shape index (κ1) is 104. The van der Waals surface area contributed by atoms with Gasteiger partial charge in [0.15, 0.2) is 0 Å². The molecular formula is C42H102N12O36P6. The van der Waals surface area contributed by atoms with Crippen LogP contribution in [0.2, 0.25) is 0 Å². The minimum atomic E-state index is -6.02. The molecule has 6 atom stereocenters. The lowest BCUT2D eigenvalue weighted by Gasteiger charge is -2.48. The fourth-order valence-electron chi connectivity index (χ4n) is 6.59. The van der Waals surface area contributed by atoms with Crippen LogP contribution < -0.4 is 68.8 Å². The Morgan fingerprint density at radius 1 is 0.240 bits per heavy atom. The fourth-order valence-corrected chi connectivity index (χ4v) is 9.93. The number of unbranched alkanes of at least 4 members (excludes halogenated alkanes) is 6. The molecule has 0 aromatic heterocycles. The SMILES string of the molecule is NCCCC[C@H](N)C(=O)O.NCCCC[C@H](N)C(=O)O.NCCCC[C@H](N)C(=O)O.NCCCC[C@H](N)C(=O)O.NCCCC[C@H](N)C(=O)O.NCCCC[C@H](N)C(=O)O.O=P(O)(O)OC1C(OP(=O)(O)O)C(OP(=O)(O)O)C(OP(=O)(O)O)C(OP(=O)(O)O)C1OP(=O)(O)O. The minimum Gasteiger partial charge on any atom is -0.480 e. The summed E-state index contributed by atoms with van der Waals surface area (Å²) in [6, 6.07) is -4.30. The number of aliphatic carboxylic acids is 6. The van der Waals surface area contributed by atoms with Crippen LogP contribution in [0.5, 0.6) is 0 Å². The third-order valence-electron chi connectivity index (χ3n) is 11.2. The molecule has 42 N–H and O–H groups in total. The zero-order valence-electron chi connectivity index (χ0n) is 51.9. The second-order valence-corrected chi connectivity index (χ2v) is 26.9. The van der Waals surface area contributed by atoms with Crippen LogP contribution in [0.4, 0.5) is 0 Å². The number of phosphoric acid groups is 6. The molecule has 576 valence electrons. The molecule has 0 saturated heterocycles. The van der Waals surface area contributed by atoms with Gasteiger partial charge >= 0.3 is 82.8 Å². The Hall–Kier alpha value is -3.00. The third kappa shape index (κ3) is 66.9. The predicted octanol–water partition coefficient (Wildman–Crippen LogP) is -5.97. The Labute approximate surface area is 550 Å². The van der Waals surface area contributed by atoms with E-state index in [1.807, 2.05) is 0 Å². The zero-order valence-corrected chi connectivity index (χ0v) is 57.3.